The van der Waals surface area contributed by atoms with E-state index >= 15 is 0 Å². The molecule has 2 aliphatic rings. The van der Waals surface area contributed by atoms with Gasteiger partial charge in [-0.15, -0.1) is 0 Å². The van der Waals surface area contributed by atoms with E-state index in [-0.39, 0.29) is 16.8 Å². The van der Waals surface area contributed by atoms with Crippen molar-refractivity contribution in [2.75, 3.05) is 32.9 Å². The molecule has 2 aliphatic heterocycles. The van der Waals surface area contributed by atoms with Gasteiger partial charge in [-0.2, -0.15) is 4.31 Å². The predicted octanol–water partition coefficient (Wildman–Crippen LogP) is 3.67. The van der Waals surface area contributed by atoms with Gasteiger partial charge in [0.25, 0.3) is 0 Å². The molecule has 1 aromatic heterocycles. The molecule has 0 bridgehead atoms. The maximum Gasteiger partial charge on any atom is 0.243 e. The van der Waals surface area contributed by atoms with Gasteiger partial charge in [0.2, 0.25) is 10.0 Å². The number of aromatic nitrogens is 2. The van der Waals surface area contributed by atoms with E-state index in [4.69, 9.17) is 14.5 Å². The normalized spacial score (nSPS) is 20.0. The van der Waals surface area contributed by atoms with Gasteiger partial charge < -0.3 is 14.0 Å². The minimum atomic E-state index is -3.62. The van der Waals surface area contributed by atoms with Crippen molar-refractivity contribution in [2.24, 2.45) is 0 Å². The fourth-order valence-electron chi connectivity index (χ4n) is 4.22. The predicted molar refractivity (Wildman–Crippen MR) is 124 cm³/mol. The van der Waals surface area contributed by atoms with E-state index in [1.807, 2.05) is 12.1 Å². The van der Waals surface area contributed by atoms with Crippen LogP contribution in [-0.2, 0) is 31.8 Å². The Labute approximate surface area is 196 Å². The first-order valence-corrected chi connectivity index (χ1v) is 13.5. The van der Waals surface area contributed by atoms with Crippen molar-refractivity contribution in [1.29, 1.82) is 0 Å². The van der Waals surface area contributed by atoms with Gasteiger partial charge in [-0.25, -0.2) is 17.8 Å². The molecule has 10 heteroatoms. The first-order chi connectivity index (χ1) is 16.0. The summed E-state index contributed by atoms with van der Waals surface area (Å²) in [4.78, 5) is 4.99. The van der Waals surface area contributed by atoms with Gasteiger partial charge in [0.05, 0.1) is 41.8 Å². The lowest BCUT2D eigenvalue weighted by Gasteiger charge is -2.26. The number of ether oxygens (including phenoxy) is 2. The molecule has 0 spiro atoms. The zero-order valence-electron chi connectivity index (χ0n) is 18.2. The lowest BCUT2D eigenvalue weighted by atomic mass is 10.2. The molecular weight excluding hydrogens is 465 g/mol. The lowest BCUT2D eigenvalue weighted by Crippen LogP contribution is -2.40. The molecular formula is C23H26FN3O4S2. The summed E-state index contributed by atoms with van der Waals surface area (Å²) in [6.07, 6.45) is 2.09. The van der Waals surface area contributed by atoms with Crippen molar-refractivity contribution < 1.29 is 22.3 Å². The van der Waals surface area contributed by atoms with Crippen LogP contribution in [0.25, 0.3) is 11.0 Å². The number of nitrogens with zero attached hydrogens (tertiary/aromatic N) is 3. The van der Waals surface area contributed by atoms with Gasteiger partial charge in [0.15, 0.2) is 5.16 Å². The fraction of sp³-hybridized carbons (Fsp3) is 0.435. The maximum atomic E-state index is 14.1. The molecule has 2 aromatic carbocycles. The summed E-state index contributed by atoms with van der Waals surface area (Å²) in [5, 5.41) is 0.727. The third-order valence-corrected chi connectivity index (χ3v) is 8.94. The summed E-state index contributed by atoms with van der Waals surface area (Å²) in [6.45, 7) is 2.86. The molecule has 3 heterocycles. The first-order valence-electron chi connectivity index (χ1n) is 11.1. The van der Waals surface area contributed by atoms with Crippen LogP contribution in [0.15, 0.2) is 52.5 Å². The van der Waals surface area contributed by atoms with Crippen LogP contribution in [-0.4, -0.2) is 61.3 Å². The van der Waals surface area contributed by atoms with Crippen molar-refractivity contribution in [3.8, 4) is 0 Å². The molecule has 176 valence electrons. The summed E-state index contributed by atoms with van der Waals surface area (Å²) in [5.41, 5.74) is 2.06. The number of fused-ring (bicyclic) bond motifs is 1. The molecule has 0 N–H and O–H groups in total. The molecule has 33 heavy (non-hydrogen) atoms. The third-order valence-electron chi connectivity index (χ3n) is 6.02. The zero-order valence-corrected chi connectivity index (χ0v) is 19.8. The van der Waals surface area contributed by atoms with E-state index in [1.165, 1.54) is 22.1 Å². The highest BCUT2D eigenvalue weighted by Gasteiger charge is 2.28. The number of rotatable bonds is 7. The molecule has 0 amide bonds. The van der Waals surface area contributed by atoms with Gasteiger partial charge in [-0.05, 0) is 42.7 Å². The van der Waals surface area contributed by atoms with Crippen LogP contribution in [0.1, 0.15) is 18.4 Å². The Hall–Kier alpha value is -1.98. The topological polar surface area (TPSA) is 73.7 Å². The quantitative estimate of drug-likeness (QED) is 0.470. The molecule has 0 radical (unpaired) electrons. The second kappa shape index (κ2) is 9.71. The molecule has 0 aliphatic carbocycles. The van der Waals surface area contributed by atoms with Crippen molar-refractivity contribution >= 4 is 32.8 Å². The Morgan fingerprint density at radius 1 is 1.12 bits per heavy atom. The van der Waals surface area contributed by atoms with Gasteiger partial charge in [-0.1, -0.05) is 30.0 Å². The van der Waals surface area contributed by atoms with Crippen LogP contribution in [0.4, 0.5) is 4.39 Å². The van der Waals surface area contributed by atoms with E-state index in [0.717, 1.165) is 30.1 Å². The molecule has 7 nitrogen and oxygen atoms in total. The van der Waals surface area contributed by atoms with Crippen LogP contribution in [0.5, 0.6) is 0 Å². The fourth-order valence-corrected chi connectivity index (χ4v) is 6.66. The SMILES string of the molecule is O=S(=O)(c1ccc2c(c1)nc(SCc1ccccc1F)n2CC1CCCO1)N1CCOCC1. The Morgan fingerprint density at radius 2 is 1.94 bits per heavy atom. The van der Waals surface area contributed by atoms with E-state index in [1.54, 1.807) is 24.3 Å². The number of imidazole rings is 1. The highest BCUT2D eigenvalue weighted by molar-refractivity contribution is 7.98. The summed E-state index contributed by atoms with van der Waals surface area (Å²) < 4.78 is 55.0. The van der Waals surface area contributed by atoms with Crippen LogP contribution in [0.3, 0.4) is 0 Å². The van der Waals surface area contributed by atoms with Crippen molar-refractivity contribution in [3.05, 3.63) is 53.8 Å². The average molecular weight is 492 g/mol. The van der Waals surface area contributed by atoms with Crippen molar-refractivity contribution in [1.82, 2.24) is 13.9 Å². The van der Waals surface area contributed by atoms with Crippen molar-refractivity contribution in [3.63, 3.8) is 0 Å². The second-order valence-electron chi connectivity index (χ2n) is 8.19. The zero-order chi connectivity index (χ0) is 22.8. The maximum absolute atomic E-state index is 14.1. The monoisotopic (exact) mass is 491 g/mol. The highest BCUT2D eigenvalue weighted by atomic mass is 32.2. The smallest absolute Gasteiger partial charge is 0.243 e. The molecule has 0 saturated carbocycles. The van der Waals surface area contributed by atoms with Crippen molar-refractivity contribution in [2.45, 2.75) is 41.3 Å². The van der Waals surface area contributed by atoms with Crippen LogP contribution >= 0.6 is 11.8 Å². The third kappa shape index (κ3) is 4.81. The average Bonchev–Trinajstić information content (AvgIpc) is 3.47. The number of thioether (sulfide) groups is 1. The lowest BCUT2D eigenvalue weighted by molar-refractivity contribution is 0.0730. The Kier molecular flexibility index (Phi) is 6.71. The van der Waals surface area contributed by atoms with Crippen LogP contribution in [0.2, 0.25) is 0 Å². The Bertz CT molecular complexity index is 1240. The van der Waals surface area contributed by atoms with E-state index in [0.29, 0.717) is 49.7 Å². The summed E-state index contributed by atoms with van der Waals surface area (Å²) >= 11 is 1.44. The molecule has 1 atom stereocenters. The number of hydrogen-bond acceptors (Lipinski definition) is 6. The summed E-state index contributed by atoms with van der Waals surface area (Å²) in [7, 11) is -3.62. The largest absolute Gasteiger partial charge is 0.379 e. The number of morpholine rings is 1. The van der Waals surface area contributed by atoms with E-state index < -0.39 is 10.0 Å². The molecule has 1 unspecified atom stereocenters. The molecule has 2 fully saturated rings. The molecule has 5 rings (SSSR count). The number of sulfonamides is 1. The molecule has 3 aromatic rings. The van der Waals surface area contributed by atoms with Gasteiger partial charge in [-0.3, -0.25) is 0 Å². The van der Waals surface area contributed by atoms with Gasteiger partial charge >= 0.3 is 0 Å². The second-order valence-corrected chi connectivity index (χ2v) is 11.1. The molecule has 2 saturated heterocycles. The number of halogens is 1. The summed E-state index contributed by atoms with van der Waals surface area (Å²) in [6, 6.07) is 11.8. The van der Waals surface area contributed by atoms with Gasteiger partial charge in [0, 0.05) is 25.4 Å². The Morgan fingerprint density at radius 3 is 2.70 bits per heavy atom. The summed E-state index contributed by atoms with van der Waals surface area (Å²) in [5.74, 6) is 0.186. The van der Waals surface area contributed by atoms with Gasteiger partial charge in [0.1, 0.15) is 5.82 Å². The number of hydrogen-bond donors (Lipinski definition) is 0. The first kappa shape index (κ1) is 22.8. The van der Waals surface area contributed by atoms with E-state index in [2.05, 4.69) is 4.57 Å². The minimum absolute atomic E-state index is 0.0898. The minimum Gasteiger partial charge on any atom is -0.379 e. The van der Waals surface area contributed by atoms with Crippen LogP contribution in [0, 0.1) is 5.82 Å². The van der Waals surface area contributed by atoms with Crippen LogP contribution < -0.4 is 0 Å². The number of benzene rings is 2. The highest BCUT2D eigenvalue weighted by Crippen LogP contribution is 2.31. The standard InChI is InChI=1S/C23H26FN3O4S2/c24-20-6-2-1-4-17(20)16-32-23-25-21-14-19(33(28,29)26-9-12-30-13-10-26)7-8-22(21)27(23)15-18-5-3-11-31-18/h1-2,4,6-8,14,18H,3,5,9-13,15-16H2. The Balaban J connectivity index is 1.48. The van der Waals surface area contributed by atoms with E-state index in [9.17, 15) is 12.8 Å².